The zero-order chi connectivity index (χ0) is 17.0. The molecule has 1 aromatic carbocycles. The Labute approximate surface area is 131 Å². The number of nitrogens with zero attached hydrogens (tertiary/aromatic N) is 1. The Balaban J connectivity index is 1.96. The summed E-state index contributed by atoms with van der Waals surface area (Å²) in [5, 5.41) is 2.94. The molecule has 1 heterocycles. The molecule has 23 heavy (non-hydrogen) atoms. The number of rotatable bonds is 5. The van der Waals surface area contributed by atoms with E-state index in [1.165, 1.54) is 25.3 Å². The third-order valence-electron chi connectivity index (χ3n) is 3.67. The lowest BCUT2D eigenvalue weighted by molar-refractivity contribution is -0.165. The molecule has 1 aliphatic heterocycles. The molecular weight excluding hydrogens is 316 g/mol. The number of methoxy groups -OCH3 is 1. The van der Waals surface area contributed by atoms with Crippen LogP contribution in [-0.2, 0) is 11.3 Å². The number of piperidine rings is 1. The van der Waals surface area contributed by atoms with E-state index < -0.39 is 30.5 Å². The summed E-state index contributed by atoms with van der Waals surface area (Å²) in [7, 11) is 1.34. The lowest BCUT2D eigenvalue weighted by Gasteiger charge is -2.33. The smallest absolute Gasteiger partial charge is 0.406 e. The van der Waals surface area contributed by atoms with E-state index in [0.717, 1.165) is 4.90 Å². The minimum absolute atomic E-state index is 0.0815. The third kappa shape index (κ3) is 4.82. The predicted molar refractivity (Wildman–Crippen MR) is 75.4 cm³/mol. The highest BCUT2D eigenvalue weighted by Gasteiger charge is 2.37. The van der Waals surface area contributed by atoms with E-state index in [1.807, 2.05) is 0 Å². The second kappa shape index (κ2) is 7.16. The van der Waals surface area contributed by atoms with Crippen LogP contribution in [-0.4, -0.2) is 43.2 Å². The van der Waals surface area contributed by atoms with Gasteiger partial charge in [0.25, 0.3) is 0 Å². The van der Waals surface area contributed by atoms with Crippen LogP contribution in [0.2, 0.25) is 0 Å². The fourth-order valence-electron chi connectivity index (χ4n) is 2.56. The summed E-state index contributed by atoms with van der Waals surface area (Å²) in [6.07, 6.45) is -3.42. The topological polar surface area (TPSA) is 41.6 Å². The Hall–Kier alpha value is -1.83. The van der Waals surface area contributed by atoms with Crippen molar-refractivity contribution < 1.29 is 27.1 Å². The molecule has 1 aromatic rings. The predicted octanol–water partition coefficient (Wildman–Crippen LogP) is 2.48. The summed E-state index contributed by atoms with van der Waals surface area (Å²) in [6.45, 7) is -0.873. The first-order valence-corrected chi connectivity index (χ1v) is 7.21. The van der Waals surface area contributed by atoms with E-state index in [9.17, 15) is 22.4 Å². The van der Waals surface area contributed by atoms with Crippen molar-refractivity contribution in [3.63, 3.8) is 0 Å². The second-order valence-electron chi connectivity index (χ2n) is 5.42. The van der Waals surface area contributed by atoms with Crippen molar-refractivity contribution >= 4 is 5.91 Å². The molecule has 0 saturated carbocycles. The normalized spacial score (nSPS) is 19.1. The molecular formula is C15H18F4N2O2. The van der Waals surface area contributed by atoms with E-state index in [1.54, 1.807) is 0 Å². The van der Waals surface area contributed by atoms with Gasteiger partial charge in [0.05, 0.1) is 13.2 Å². The molecule has 128 valence electrons. The summed E-state index contributed by atoms with van der Waals surface area (Å²) < 4.78 is 55.5. The van der Waals surface area contributed by atoms with Crippen molar-refractivity contribution in [1.29, 1.82) is 0 Å². The standard InChI is InChI=1S/C15H18F4N2O2/c1-23-13-7-10(4-5-11(13)16)8-20-12-3-2-6-21(14(12)22)9-15(17,18)19/h4-5,7,12,20H,2-3,6,8-9H2,1H3/t12-/m1/s1. The summed E-state index contributed by atoms with van der Waals surface area (Å²) in [5.41, 5.74) is 0.684. The number of ether oxygens (including phenoxy) is 1. The van der Waals surface area contributed by atoms with Gasteiger partial charge in [0.15, 0.2) is 11.6 Å². The Morgan fingerprint density at radius 2 is 2.13 bits per heavy atom. The molecule has 1 aliphatic rings. The maximum absolute atomic E-state index is 13.3. The summed E-state index contributed by atoms with van der Waals surface area (Å²) in [4.78, 5) is 12.9. The van der Waals surface area contributed by atoms with Crippen molar-refractivity contribution in [1.82, 2.24) is 10.2 Å². The summed E-state index contributed by atoms with van der Waals surface area (Å²) >= 11 is 0. The highest BCUT2D eigenvalue weighted by Crippen LogP contribution is 2.22. The zero-order valence-corrected chi connectivity index (χ0v) is 12.6. The maximum atomic E-state index is 13.3. The van der Waals surface area contributed by atoms with Crippen molar-refractivity contribution in [2.45, 2.75) is 31.6 Å². The minimum Gasteiger partial charge on any atom is -0.494 e. The number of hydrogen-bond donors (Lipinski definition) is 1. The first kappa shape index (κ1) is 17.5. The van der Waals surface area contributed by atoms with Gasteiger partial charge in [0, 0.05) is 13.1 Å². The average Bonchev–Trinajstić information content (AvgIpc) is 2.48. The molecule has 0 spiro atoms. The van der Waals surface area contributed by atoms with Gasteiger partial charge in [-0.05, 0) is 30.5 Å². The van der Waals surface area contributed by atoms with Crippen LogP contribution in [0.25, 0.3) is 0 Å². The van der Waals surface area contributed by atoms with E-state index in [4.69, 9.17) is 4.74 Å². The molecule has 0 radical (unpaired) electrons. The van der Waals surface area contributed by atoms with Crippen LogP contribution in [0.5, 0.6) is 5.75 Å². The lowest BCUT2D eigenvalue weighted by atomic mass is 10.0. The molecule has 1 atom stereocenters. The molecule has 8 heteroatoms. The molecule has 0 unspecified atom stereocenters. The highest BCUT2D eigenvalue weighted by atomic mass is 19.4. The Kier molecular flexibility index (Phi) is 5.46. The number of halogens is 4. The van der Waals surface area contributed by atoms with Crippen LogP contribution in [0.4, 0.5) is 17.6 Å². The van der Waals surface area contributed by atoms with Crippen molar-refractivity contribution in [2.75, 3.05) is 20.2 Å². The number of hydrogen-bond acceptors (Lipinski definition) is 3. The maximum Gasteiger partial charge on any atom is 0.406 e. The summed E-state index contributed by atoms with van der Waals surface area (Å²) in [6, 6.07) is 3.60. The van der Waals surface area contributed by atoms with E-state index >= 15 is 0 Å². The first-order valence-electron chi connectivity index (χ1n) is 7.21. The fraction of sp³-hybridized carbons (Fsp3) is 0.533. The lowest BCUT2D eigenvalue weighted by Crippen LogP contribution is -2.52. The Bertz CT molecular complexity index is 563. The number of amides is 1. The van der Waals surface area contributed by atoms with Crippen molar-refractivity contribution in [3.05, 3.63) is 29.6 Å². The Morgan fingerprint density at radius 3 is 2.78 bits per heavy atom. The SMILES string of the molecule is COc1cc(CN[C@@H]2CCCN(CC(F)(F)F)C2=O)ccc1F. The van der Waals surface area contributed by atoms with Gasteiger partial charge in [-0.1, -0.05) is 6.07 Å². The van der Waals surface area contributed by atoms with Gasteiger partial charge in [0.1, 0.15) is 6.54 Å². The van der Waals surface area contributed by atoms with Gasteiger partial charge in [-0.15, -0.1) is 0 Å². The van der Waals surface area contributed by atoms with Crippen molar-refractivity contribution in [3.8, 4) is 5.75 Å². The van der Waals surface area contributed by atoms with Crippen LogP contribution in [0.1, 0.15) is 18.4 Å². The number of alkyl halides is 3. The van der Waals surface area contributed by atoms with E-state index in [0.29, 0.717) is 18.4 Å². The van der Waals surface area contributed by atoms with Gasteiger partial charge in [-0.3, -0.25) is 4.79 Å². The molecule has 4 nitrogen and oxygen atoms in total. The van der Waals surface area contributed by atoms with Crippen LogP contribution >= 0.6 is 0 Å². The first-order chi connectivity index (χ1) is 10.8. The molecule has 0 aromatic heterocycles. The molecule has 0 bridgehead atoms. The van der Waals surface area contributed by atoms with Gasteiger partial charge < -0.3 is 15.0 Å². The number of carbonyl (C=O) groups excluding carboxylic acids is 1. The fourth-order valence-corrected chi connectivity index (χ4v) is 2.56. The van der Waals surface area contributed by atoms with E-state index in [-0.39, 0.29) is 18.8 Å². The number of carbonyl (C=O) groups is 1. The number of benzene rings is 1. The second-order valence-corrected chi connectivity index (χ2v) is 5.42. The quantitative estimate of drug-likeness (QED) is 0.841. The molecule has 2 rings (SSSR count). The molecule has 0 aliphatic carbocycles. The van der Waals surface area contributed by atoms with Crippen LogP contribution in [0.3, 0.4) is 0 Å². The molecule has 1 saturated heterocycles. The van der Waals surface area contributed by atoms with Gasteiger partial charge in [0.2, 0.25) is 5.91 Å². The van der Waals surface area contributed by atoms with Crippen molar-refractivity contribution in [2.24, 2.45) is 0 Å². The Morgan fingerprint density at radius 1 is 1.39 bits per heavy atom. The largest absolute Gasteiger partial charge is 0.494 e. The van der Waals surface area contributed by atoms with Crippen LogP contribution < -0.4 is 10.1 Å². The molecule has 1 N–H and O–H groups in total. The highest BCUT2D eigenvalue weighted by molar-refractivity contribution is 5.82. The summed E-state index contributed by atoms with van der Waals surface area (Å²) in [5.74, 6) is -0.970. The number of likely N-dealkylation sites (tertiary alicyclic amines) is 1. The minimum atomic E-state index is -4.40. The van der Waals surface area contributed by atoms with Crippen LogP contribution in [0, 0.1) is 5.82 Å². The van der Waals surface area contributed by atoms with Gasteiger partial charge in [-0.25, -0.2) is 4.39 Å². The zero-order valence-electron chi connectivity index (χ0n) is 12.6. The molecule has 1 amide bonds. The van der Waals surface area contributed by atoms with E-state index in [2.05, 4.69) is 5.32 Å². The number of nitrogens with one attached hydrogen (secondary N) is 1. The monoisotopic (exact) mass is 334 g/mol. The third-order valence-corrected chi connectivity index (χ3v) is 3.67. The average molecular weight is 334 g/mol. The van der Waals surface area contributed by atoms with Gasteiger partial charge >= 0.3 is 6.18 Å². The molecule has 1 fully saturated rings. The van der Waals surface area contributed by atoms with Crippen LogP contribution in [0.15, 0.2) is 18.2 Å². The van der Waals surface area contributed by atoms with Gasteiger partial charge in [-0.2, -0.15) is 13.2 Å².